The van der Waals surface area contributed by atoms with Crippen LogP contribution in [0.4, 0.5) is 5.13 Å². The van der Waals surface area contributed by atoms with Crippen LogP contribution in [0, 0.1) is 6.92 Å². The van der Waals surface area contributed by atoms with Crippen LogP contribution in [-0.4, -0.2) is 44.9 Å². The van der Waals surface area contributed by atoms with E-state index in [1.807, 2.05) is 37.3 Å². The average Bonchev–Trinajstić information content (AvgIpc) is 3.25. The van der Waals surface area contributed by atoms with Crippen LogP contribution >= 0.6 is 35.3 Å². The molecule has 1 aliphatic rings. The lowest BCUT2D eigenvalue weighted by atomic mass is 10.1. The van der Waals surface area contributed by atoms with Gasteiger partial charge in [-0.05, 0) is 43.5 Å². The summed E-state index contributed by atoms with van der Waals surface area (Å²) < 4.78 is 5.72. The number of thiocarbonyl (C=S) groups is 1. The van der Waals surface area contributed by atoms with Gasteiger partial charge in [0.05, 0.1) is 12.0 Å². The molecule has 1 N–H and O–H groups in total. The molecule has 158 valence electrons. The number of benzene rings is 1. The van der Waals surface area contributed by atoms with Crippen LogP contribution in [0.15, 0.2) is 29.2 Å². The Morgan fingerprint density at radius 3 is 2.67 bits per heavy atom. The first kappa shape index (κ1) is 22.4. The number of carbonyl (C=O) groups excluding carboxylic acids is 2. The van der Waals surface area contributed by atoms with Crippen LogP contribution in [0.1, 0.15) is 36.3 Å². The second-order valence-electron chi connectivity index (χ2n) is 6.59. The van der Waals surface area contributed by atoms with Crippen LogP contribution < -0.4 is 10.1 Å². The Kier molecular flexibility index (Phi) is 7.94. The Morgan fingerprint density at radius 1 is 1.23 bits per heavy atom. The number of unbranched alkanes of at least 4 members (excludes halogenated alkanes) is 2. The highest BCUT2D eigenvalue weighted by molar-refractivity contribution is 8.26. The lowest BCUT2D eigenvalue weighted by Gasteiger charge is -2.14. The van der Waals surface area contributed by atoms with Gasteiger partial charge in [0.1, 0.15) is 15.1 Å². The number of methoxy groups -OCH3 is 1. The van der Waals surface area contributed by atoms with Crippen LogP contribution in [0.25, 0.3) is 6.08 Å². The van der Waals surface area contributed by atoms with Gasteiger partial charge in [0.25, 0.3) is 5.91 Å². The zero-order valence-electron chi connectivity index (χ0n) is 16.7. The number of nitrogens with one attached hydrogen (secondary N) is 1. The minimum atomic E-state index is -0.0702. The second-order valence-corrected chi connectivity index (χ2v) is 9.45. The molecule has 10 heteroatoms. The van der Waals surface area contributed by atoms with Gasteiger partial charge in [-0.15, -0.1) is 10.2 Å². The fourth-order valence-corrected chi connectivity index (χ4v) is 4.72. The summed E-state index contributed by atoms with van der Waals surface area (Å²) in [5.41, 5.74) is 0.924. The average molecular weight is 463 g/mol. The van der Waals surface area contributed by atoms with E-state index in [-0.39, 0.29) is 11.8 Å². The molecule has 1 saturated heterocycles. The normalized spacial score (nSPS) is 15.1. The maximum atomic E-state index is 12.7. The first-order valence-corrected chi connectivity index (χ1v) is 11.5. The fraction of sp³-hybridized carbons (Fsp3) is 0.350. The van der Waals surface area contributed by atoms with Crippen molar-refractivity contribution in [1.82, 2.24) is 15.1 Å². The molecule has 2 aromatic rings. The Bertz CT molecular complexity index is 956. The summed E-state index contributed by atoms with van der Waals surface area (Å²) in [6.45, 7) is 2.40. The lowest BCUT2D eigenvalue weighted by Crippen LogP contribution is -2.29. The zero-order chi connectivity index (χ0) is 21.5. The Hall–Kier alpha value is -2.30. The minimum Gasteiger partial charge on any atom is -0.497 e. The number of hydrogen-bond acceptors (Lipinski definition) is 8. The summed E-state index contributed by atoms with van der Waals surface area (Å²) in [5, 5.41) is 11.8. The number of amides is 2. The van der Waals surface area contributed by atoms with E-state index in [0.29, 0.717) is 27.3 Å². The molecular formula is C20H22N4O3S3. The number of aryl methyl sites for hydroxylation is 1. The standard InChI is InChI=1S/C20H22N4O3S3/c1-13-22-23-19(29-13)21-17(25)6-4-3-5-11-24-18(26)16(30-20(24)28)12-14-7-9-15(27-2)10-8-14/h7-10,12H,3-6,11H2,1-2H3,(H,21,23,25). The van der Waals surface area contributed by atoms with Gasteiger partial charge in [-0.25, -0.2) is 0 Å². The number of ether oxygens (including phenoxy) is 1. The number of anilines is 1. The van der Waals surface area contributed by atoms with Gasteiger partial charge >= 0.3 is 0 Å². The van der Waals surface area contributed by atoms with E-state index in [0.717, 1.165) is 35.6 Å². The molecule has 3 rings (SSSR count). The quantitative estimate of drug-likeness (QED) is 0.339. The van der Waals surface area contributed by atoms with E-state index in [9.17, 15) is 9.59 Å². The second kappa shape index (κ2) is 10.6. The Labute approximate surface area is 188 Å². The largest absolute Gasteiger partial charge is 0.497 e. The van der Waals surface area contributed by atoms with Crippen molar-refractivity contribution in [3.8, 4) is 5.75 Å². The molecule has 1 aliphatic heterocycles. The van der Waals surface area contributed by atoms with Crippen molar-refractivity contribution in [3.63, 3.8) is 0 Å². The SMILES string of the molecule is COc1ccc(C=C2SC(=S)N(CCCCCC(=O)Nc3nnc(C)s3)C2=O)cc1. The third-order valence-electron chi connectivity index (χ3n) is 4.35. The van der Waals surface area contributed by atoms with Gasteiger partial charge in [-0.2, -0.15) is 0 Å². The Balaban J connectivity index is 1.42. The van der Waals surface area contributed by atoms with Crippen LogP contribution in [0.2, 0.25) is 0 Å². The van der Waals surface area contributed by atoms with Crippen LogP contribution in [-0.2, 0) is 9.59 Å². The first-order chi connectivity index (χ1) is 14.5. The van der Waals surface area contributed by atoms with E-state index >= 15 is 0 Å². The van der Waals surface area contributed by atoms with Crippen molar-refractivity contribution in [1.29, 1.82) is 0 Å². The number of rotatable bonds is 9. The van der Waals surface area contributed by atoms with Crippen molar-refractivity contribution in [3.05, 3.63) is 39.7 Å². The number of thioether (sulfide) groups is 1. The third kappa shape index (κ3) is 6.10. The van der Waals surface area contributed by atoms with Gasteiger partial charge in [0.15, 0.2) is 0 Å². The van der Waals surface area contributed by atoms with Gasteiger partial charge in [-0.3, -0.25) is 14.5 Å². The van der Waals surface area contributed by atoms with E-state index in [1.54, 1.807) is 12.0 Å². The number of hydrogen-bond donors (Lipinski definition) is 1. The van der Waals surface area contributed by atoms with Crippen molar-refractivity contribution >= 4 is 62.7 Å². The highest BCUT2D eigenvalue weighted by atomic mass is 32.2. The fourth-order valence-electron chi connectivity index (χ4n) is 2.81. The molecule has 0 saturated carbocycles. The van der Waals surface area contributed by atoms with E-state index < -0.39 is 0 Å². The maximum Gasteiger partial charge on any atom is 0.266 e. The Morgan fingerprint density at radius 2 is 2.00 bits per heavy atom. The molecular weight excluding hydrogens is 440 g/mol. The van der Waals surface area contributed by atoms with Crippen LogP contribution in [0.5, 0.6) is 5.75 Å². The molecule has 0 aliphatic carbocycles. The summed E-state index contributed by atoms with van der Waals surface area (Å²) in [4.78, 5) is 26.9. The summed E-state index contributed by atoms with van der Waals surface area (Å²) in [7, 11) is 1.62. The number of carbonyl (C=O) groups is 2. The van der Waals surface area contributed by atoms with E-state index in [2.05, 4.69) is 15.5 Å². The van der Waals surface area contributed by atoms with Crippen molar-refractivity contribution in [2.24, 2.45) is 0 Å². The van der Waals surface area contributed by atoms with Crippen molar-refractivity contribution < 1.29 is 14.3 Å². The molecule has 0 atom stereocenters. The summed E-state index contributed by atoms with van der Waals surface area (Å²) in [5.74, 6) is 0.635. The first-order valence-electron chi connectivity index (χ1n) is 9.45. The summed E-state index contributed by atoms with van der Waals surface area (Å²) >= 11 is 8.05. The van der Waals surface area contributed by atoms with Gasteiger partial charge < -0.3 is 10.1 Å². The van der Waals surface area contributed by atoms with Gasteiger partial charge in [-0.1, -0.05) is 53.9 Å². The zero-order valence-corrected chi connectivity index (χ0v) is 19.2. The highest BCUT2D eigenvalue weighted by Crippen LogP contribution is 2.33. The van der Waals surface area contributed by atoms with Gasteiger partial charge in [0.2, 0.25) is 11.0 Å². The molecule has 1 fully saturated rings. The van der Waals surface area contributed by atoms with Gasteiger partial charge in [0, 0.05) is 13.0 Å². The monoisotopic (exact) mass is 462 g/mol. The highest BCUT2D eigenvalue weighted by Gasteiger charge is 2.31. The molecule has 0 bridgehead atoms. The topological polar surface area (TPSA) is 84.4 Å². The molecule has 1 aromatic heterocycles. The number of nitrogens with zero attached hydrogens (tertiary/aromatic N) is 3. The minimum absolute atomic E-state index is 0.0646. The number of aromatic nitrogens is 2. The molecule has 2 heterocycles. The molecule has 0 radical (unpaired) electrons. The molecule has 0 spiro atoms. The molecule has 0 unspecified atom stereocenters. The molecule has 2 amide bonds. The summed E-state index contributed by atoms with van der Waals surface area (Å²) in [6.07, 6.45) is 4.61. The smallest absolute Gasteiger partial charge is 0.266 e. The van der Waals surface area contributed by atoms with E-state index in [1.165, 1.54) is 23.1 Å². The van der Waals surface area contributed by atoms with Crippen LogP contribution in [0.3, 0.4) is 0 Å². The molecule has 30 heavy (non-hydrogen) atoms. The van der Waals surface area contributed by atoms with E-state index in [4.69, 9.17) is 17.0 Å². The predicted octanol–water partition coefficient (Wildman–Crippen LogP) is 4.26. The predicted molar refractivity (Wildman–Crippen MR) is 125 cm³/mol. The maximum absolute atomic E-state index is 12.7. The molecule has 7 nitrogen and oxygen atoms in total. The third-order valence-corrected chi connectivity index (χ3v) is 6.48. The summed E-state index contributed by atoms with van der Waals surface area (Å²) in [6, 6.07) is 7.52. The van der Waals surface area contributed by atoms with Crippen molar-refractivity contribution in [2.45, 2.75) is 32.6 Å². The molecule has 1 aromatic carbocycles. The van der Waals surface area contributed by atoms with Crippen molar-refractivity contribution in [2.75, 3.05) is 19.0 Å². The lowest BCUT2D eigenvalue weighted by molar-refractivity contribution is -0.122.